The standard InChI is InChI=1S/C14H20Cl3N9/c1-9-20-10(15)23-13(21-9)18-5-3-7-26(2)8-4-6-19-14-24-11(16)22-12(17)25-14/h3-8H2,1-2H3,(H,18,20,21,23)(H,19,22,24,25). The van der Waals surface area contributed by atoms with Crippen molar-refractivity contribution in [1.82, 2.24) is 34.8 Å². The van der Waals surface area contributed by atoms with Gasteiger partial charge >= 0.3 is 0 Å². The van der Waals surface area contributed by atoms with E-state index in [0.717, 1.165) is 32.5 Å². The average Bonchev–Trinajstić information content (AvgIpc) is 2.54. The van der Waals surface area contributed by atoms with Crippen LogP contribution in [-0.2, 0) is 0 Å². The molecule has 0 aliphatic heterocycles. The van der Waals surface area contributed by atoms with Crippen LogP contribution < -0.4 is 10.6 Å². The van der Waals surface area contributed by atoms with Gasteiger partial charge in [-0.3, -0.25) is 0 Å². The minimum Gasteiger partial charge on any atom is -0.354 e. The van der Waals surface area contributed by atoms with E-state index in [1.54, 1.807) is 6.92 Å². The summed E-state index contributed by atoms with van der Waals surface area (Å²) < 4.78 is 0. The van der Waals surface area contributed by atoms with Gasteiger partial charge in [0.15, 0.2) is 0 Å². The smallest absolute Gasteiger partial charge is 0.228 e. The molecule has 0 fully saturated rings. The predicted molar refractivity (Wildman–Crippen MR) is 103 cm³/mol. The lowest BCUT2D eigenvalue weighted by Gasteiger charge is -2.16. The number of rotatable bonds is 10. The van der Waals surface area contributed by atoms with Gasteiger partial charge in [-0.2, -0.15) is 24.9 Å². The lowest BCUT2D eigenvalue weighted by Crippen LogP contribution is -2.24. The third-order valence-corrected chi connectivity index (χ3v) is 3.81. The molecule has 12 heteroatoms. The highest BCUT2D eigenvalue weighted by Crippen LogP contribution is 2.09. The Morgan fingerprint density at radius 1 is 0.731 bits per heavy atom. The topological polar surface area (TPSA) is 105 Å². The molecule has 0 radical (unpaired) electrons. The van der Waals surface area contributed by atoms with E-state index in [0.29, 0.717) is 24.3 Å². The number of anilines is 2. The number of nitrogens with one attached hydrogen (secondary N) is 2. The monoisotopic (exact) mass is 419 g/mol. The van der Waals surface area contributed by atoms with Crippen molar-refractivity contribution in [3.63, 3.8) is 0 Å². The number of hydrogen-bond acceptors (Lipinski definition) is 9. The van der Waals surface area contributed by atoms with E-state index in [9.17, 15) is 0 Å². The Kier molecular flexibility index (Phi) is 8.43. The fraction of sp³-hybridized carbons (Fsp3) is 0.571. The Labute approximate surface area is 166 Å². The Hall–Kier alpha value is -1.55. The van der Waals surface area contributed by atoms with Crippen molar-refractivity contribution in [1.29, 1.82) is 0 Å². The van der Waals surface area contributed by atoms with Crippen molar-refractivity contribution in [3.05, 3.63) is 21.7 Å². The second-order valence-electron chi connectivity index (χ2n) is 5.54. The summed E-state index contributed by atoms with van der Waals surface area (Å²) in [6.45, 7) is 5.11. The maximum Gasteiger partial charge on any atom is 0.228 e. The van der Waals surface area contributed by atoms with Crippen LogP contribution in [0.1, 0.15) is 18.7 Å². The molecule has 142 valence electrons. The Balaban J connectivity index is 1.58. The van der Waals surface area contributed by atoms with Crippen LogP contribution in [0, 0.1) is 6.92 Å². The highest BCUT2D eigenvalue weighted by Gasteiger charge is 2.04. The van der Waals surface area contributed by atoms with Gasteiger partial charge in [-0.15, -0.1) is 0 Å². The van der Waals surface area contributed by atoms with Gasteiger partial charge in [0.05, 0.1) is 0 Å². The largest absolute Gasteiger partial charge is 0.354 e. The molecule has 0 aliphatic carbocycles. The third kappa shape index (κ3) is 7.77. The molecule has 0 spiro atoms. The van der Waals surface area contributed by atoms with Crippen LogP contribution in [0.3, 0.4) is 0 Å². The Morgan fingerprint density at radius 2 is 1.19 bits per heavy atom. The normalized spacial score (nSPS) is 11.0. The molecule has 0 aromatic carbocycles. The van der Waals surface area contributed by atoms with E-state index < -0.39 is 0 Å². The summed E-state index contributed by atoms with van der Waals surface area (Å²) >= 11 is 17.3. The summed E-state index contributed by atoms with van der Waals surface area (Å²) in [7, 11) is 2.07. The quantitative estimate of drug-likeness (QED) is 0.561. The lowest BCUT2D eigenvalue weighted by molar-refractivity contribution is 0.331. The molecule has 2 N–H and O–H groups in total. The summed E-state index contributed by atoms with van der Waals surface area (Å²) in [4.78, 5) is 26.0. The number of nitrogens with zero attached hydrogens (tertiary/aromatic N) is 7. The first-order valence-corrected chi connectivity index (χ1v) is 9.17. The fourth-order valence-corrected chi connectivity index (χ4v) is 2.71. The van der Waals surface area contributed by atoms with Crippen LogP contribution in [0.25, 0.3) is 0 Å². The van der Waals surface area contributed by atoms with Crippen LogP contribution in [-0.4, -0.2) is 68.0 Å². The number of aromatic nitrogens is 6. The second-order valence-corrected chi connectivity index (χ2v) is 6.55. The minimum atomic E-state index is 0.0757. The summed E-state index contributed by atoms with van der Waals surface area (Å²) in [5, 5.41) is 6.57. The summed E-state index contributed by atoms with van der Waals surface area (Å²) in [6, 6.07) is 0. The Morgan fingerprint density at radius 3 is 1.69 bits per heavy atom. The first-order valence-electron chi connectivity index (χ1n) is 8.04. The van der Waals surface area contributed by atoms with Crippen LogP contribution >= 0.6 is 34.8 Å². The maximum absolute atomic E-state index is 5.80. The first-order chi connectivity index (χ1) is 12.4. The number of halogens is 3. The van der Waals surface area contributed by atoms with Crippen LogP contribution in [0.4, 0.5) is 11.9 Å². The van der Waals surface area contributed by atoms with Gasteiger partial charge in [0.1, 0.15) is 5.82 Å². The van der Waals surface area contributed by atoms with Gasteiger partial charge in [-0.05, 0) is 74.7 Å². The van der Waals surface area contributed by atoms with E-state index in [4.69, 9.17) is 34.8 Å². The fourth-order valence-electron chi connectivity index (χ4n) is 2.14. The van der Waals surface area contributed by atoms with E-state index in [1.165, 1.54) is 0 Å². The molecular weight excluding hydrogens is 401 g/mol. The zero-order valence-electron chi connectivity index (χ0n) is 14.5. The molecule has 0 atom stereocenters. The lowest BCUT2D eigenvalue weighted by atomic mass is 10.3. The SMILES string of the molecule is Cc1nc(Cl)nc(NCCCN(C)CCCNc2nc(Cl)nc(Cl)n2)n1. The predicted octanol–water partition coefficient (Wildman–Crippen LogP) is 2.56. The van der Waals surface area contributed by atoms with Crippen molar-refractivity contribution in [2.75, 3.05) is 43.9 Å². The number of aryl methyl sites for hydroxylation is 1. The molecule has 2 rings (SSSR count). The highest BCUT2D eigenvalue weighted by atomic mass is 35.5. The second kappa shape index (κ2) is 10.6. The van der Waals surface area contributed by atoms with Crippen molar-refractivity contribution in [2.45, 2.75) is 19.8 Å². The molecule has 26 heavy (non-hydrogen) atoms. The molecular formula is C14H20Cl3N9. The zero-order valence-corrected chi connectivity index (χ0v) is 16.8. The molecule has 2 aromatic rings. The molecule has 0 unspecified atom stereocenters. The highest BCUT2D eigenvalue weighted by molar-refractivity contribution is 6.31. The van der Waals surface area contributed by atoms with Gasteiger partial charge in [0.25, 0.3) is 0 Å². The zero-order chi connectivity index (χ0) is 18.9. The van der Waals surface area contributed by atoms with Crippen LogP contribution in [0.2, 0.25) is 15.9 Å². The first kappa shape index (κ1) is 20.8. The molecule has 9 nitrogen and oxygen atoms in total. The number of hydrogen-bond donors (Lipinski definition) is 2. The van der Waals surface area contributed by atoms with Gasteiger partial charge < -0.3 is 15.5 Å². The maximum atomic E-state index is 5.80. The summed E-state index contributed by atoms with van der Waals surface area (Å²) in [5.74, 6) is 1.48. The van der Waals surface area contributed by atoms with Gasteiger partial charge in [0.2, 0.25) is 27.7 Å². The van der Waals surface area contributed by atoms with E-state index in [2.05, 4.69) is 52.5 Å². The van der Waals surface area contributed by atoms with Crippen LogP contribution in [0.5, 0.6) is 0 Å². The van der Waals surface area contributed by atoms with Crippen molar-refractivity contribution in [3.8, 4) is 0 Å². The molecule has 0 amide bonds. The molecule has 0 saturated carbocycles. The van der Waals surface area contributed by atoms with E-state index in [-0.39, 0.29) is 15.9 Å². The van der Waals surface area contributed by atoms with Gasteiger partial charge in [0, 0.05) is 13.1 Å². The van der Waals surface area contributed by atoms with Gasteiger partial charge in [-0.1, -0.05) is 0 Å². The van der Waals surface area contributed by atoms with Crippen molar-refractivity contribution in [2.24, 2.45) is 0 Å². The van der Waals surface area contributed by atoms with E-state index in [1.807, 2.05) is 0 Å². The minimum absolute atomic E-state index is 0.0757. The van der Waals surface area contributed by atoms with Crippen LogP contribution in [0.15, 0.2) is 0 Å². The Bertz CT molecular complexity index is 616. The van der Waals surface area contributed by atoms with Crippen molar-refractivity contribution < 1.29 is 0 Å². The molecule has 0 aliphatic rings. The molecule has 2 aromatic heterocycles. The molecule has 0 bridgehead atoms. The van der Waals surface area contributed by atoms with Gasteiger partial charge in [-0.25, -0.2) is 4.98 Å². The molecule has 0 saturated heterocycles. The molecule has 2 heterocycles. The summed E-state index contributed by atoms with van der Waals surface area (Å²) in [5.41, 5.74) is 0. The van der Waals surface area contributed by atoms with E-state index >= 15 is 0 Å². The summed E-state index contributed by atoms with van der Waals surface area (Å²) in [6.07, 6.45) is 1.87. The average molecular weight is 421 g/mol. The van der Waals surface area contributed by atoms with Crippen molar-refractivity contribution >= 4 is 46.7 Å². The third-order valence-electron chi connectivity index (χ3n) is 3.30.